The monoisotopic (exact) mass is 109 g/mol. The molecule has 0 atom stereocenters. The molecule has 0 aliphatic carbocycles. The van der Waals surface area contributed by atoms with Gasteiger partial charge in [-0.25, -0.2) is 0 Å². The Kier molecular flexibility index (Phi) is 1.43. The largest absolute Gasteiger partial charge is 0.0634 e. The summed E-state index contributed by atoms with van der Waals surface area (Å²) in [6, 6.07) is 9.96. The number of hydrogen-bond acceptors (Lipinski definition) is 0. The van der Waals surface area contributed by atoms with Crippen molar-refractivity contribution in [1.82, 2.24) is 0 Å². The fourth-order valence-electron chi connectivity index (χ4n) is 0.438. The van der Waals surface area contributed by atoms with E-state index >= 15 is 0 Å². The lowest BCUT2D eigenvalue weighted by atomic mass is 10.4. The molecule has 0 heterocycles. The van der Waals surface area contributed by atoms with E-state index < -0.39 is 0 Å². The van der Waals surface area contributed by atoms with Crippen molar-refractivity contribution in [2.45, 2.75) is 0 Å². The molecule has 1 radical (unpaired) electrons. The molecular weight excluding hydrogens is 103 g/mol. The van der Waals surface area contributed by atoms with Crippen molar-refractivity contribution in [3.63, 3.8) is 0 Å². The fraction of sp³-hybridized carbons (Fsp3) is 0. The van der Waals surface area contributed by atoms with Gasteiger partial charge in [0.2, 0.25) is 0 Å². The molecule has 0 unspecified atom stereocenters. The predicted molar refractivity (Wildman–Crippen MR) is 34.4 cm³/mol. The zero-order chi connectivity index (χ0) is 5.11. The second-order valence-corrected chi connectivity index (χ2v) is 1.94. The lowest BCUT2D eigenvalue weighted by molar-refractivity contribution is 1.78. The van der Waals surface area contributed by atoms with Crippen molar-refractivity contribution >= 4 is 14.5 Å². The molecule has 0 spiro atoms. The van der Waals surface area contributed by atoms with E-state index in [1.807, 2.05) is 30.3 Å². The summed E-state index contributed by atoms with van der Waals surface area (Å²) in [7, 11) is 3.36. The summed E-state index contributed by atoms with van der Waals surface area (Å²) >= 11 is 0. The first-order valence-corrected chi connectivity index (χ1v) is 2.66. The Bertz CT molecular complexity index is 134. The van der Waals surface area contributed by atoms with Crippen molar-refractivity contribution in [2.75, 3.05) is 0 Å². The molecule has 0 fully saturated rings. The molecule has 1 aromatic carbocycles. The van der Waals surface area contributed by atoms with E-state index in [9.17, 15) is 0 Å². The first kappa shape index (κ1) is 4.80. The molecule has 0 nitrogen and oxygen atoms in total. The summed E-state index contributed by atoms with van der Waals surface area (Å²) in [6.45, 7) is 0. The van der Waals surface area contributed by atoms with Crippen LogP contribution >= 0.6 is 9.24 Å². The van der Waals surface area contributed by atoms with Gasteiger partial charge in [-0.15, -0.1) is 0 Å². The SMILES string of the molecule is [PH]c1ccccc1. The topological polar surface area (TPSA) is 0 Å². The van der Waals surface area contributed by atoms with Gasteiger partial charge in [-0.2, -0.15) is 0 Å². The highest BCUT2D eigenvalue weighted by molar-refractivity contribution is 7.27. The summed E-state index contributed by atoms with van der Waals surface area (Å²) < 4.78 is 0. The Labute approximate surface area is 45.8 Å². The van der Waals surface area contributed by atoms with Gasteiger partial charge in [0.15, 0.2) is 0 Å². The lowest BCUT2D eigenvalue weighted by Crippen LogP contribution is -1.82. The average Bonchev–Trinajstić information content (AvgIpc) is 1.69. The molecule has 0 aliphatic heterocycles. The van der Waals surface area contributed by atoms with Gasteiger partial charge in [0.25, 0.3) is 0 Å². The van der Waals surface area contributed by atoms with Gasteiger partial charge in [-0.3, -0.25) is 0 Å². The van der Waals surface area contributed by atoms with E-state index in [1.54, 1.807) is 0 Å². The zero-order valence-electron chi connectivity index (χ0n) is 3.89. The summed E-state index contributed by atoms with van der Waals surface area (Å²) in [5, 5.41) is 1.13. The molecule has 0 aromatic heterocycles. The maximum Gasteiger partial charge on any atom is -0.0227 e. The first-order chi connectivity index (χ1) is 3.39. The molecule has 35 valence electrons. The Balaban J connectivity index is 3.02. The molecule has 1 aromatic rings. The van der Waals surface area contributed by atoms with Gasteiger partial charge in [-0.05, 0) is 5.30 Å². The van der Waals surface area contributed by atoms with E-state index in [4.69, 9.17) is 0 Å². The highest BCUT2D eigenvalue weighted by Gasteiger charge is 1.72. The third kappa shape index (κ3) is 1.29. The van der Waals surface area contributed by atoms with Crippen LogP contribution in [0.3, 0.4) is 0 Å². The Morgan fingerprint density at radius 2 is 1.57 bits per heavy atom. The molecule has 0 bridgehead atoms. The van der Waals surface area contributed by atoms with Gasteiger partial charge >= 0.3 is 0 Å². The van der Waals surface area contributed by atoms with E-state index in [0.29, 0.717) is 0 Å². The number of rotatable bonds is 0. The molecule has 0 saturated heterocycles. The van der Waals surface area contributed by atoms with Gasteiger partial charge in [0, 0.05) is 0 Å². The molecule has 0 amide bonds. The summed E-state index contributed by atoms with van der Waals surface area (Å²) in [4.78, 5) is 0. The van der Waals surface area contributed by atoms with Crippen LogP contribution in [0.2, 0.25) is 0 Å². The number of benzene rings is 1. The molecule has 0 N–H and O–H groups in total. The third-order valence-corrected chi connectivity index (χ3v) is 1.11. The van der Waals surface area contributed by atoms with Crippen molar-refractivity contribution in [2.24, 2.45) is 0 Å². The van der Waals surface area contributed by atoms with Gasteiger partial charge < -0.3 is 0 Å². The molecule has 7 heavy (non-hydrogen) atoms. The molecular formula is C6H6P. The highest BCUT2D eigenvalue weighted by Crippen LogP contribution is 1.86. The third-order valence-electron chi connectivity index (χ3n) is 0.774. The van der Waals surface area contributed by atoms with Crippen LogP contribution in [0.1, 0.15) is 0 Å². The second-order valence-electron chi connectivity index (χ2n) is 1.37. The van der Waals surface area contributed by atoms with Crippen LogP contribution in [0, 0.1) is 0 Å². The van der Waals surface area contributed by atoms with Gasteiger partial charge in [-0.1, -0.05) is 39.6 Å². The van der Waals surface area contributed by atoms with Gasteiger partial charge in [0.1, 0.15) is 0 Å². The van der Waals surface area contributed by atoms with Crippen molar-refractivity contribution < 1.29 is 0 Å². The minimum atomic E-state index is 1.13. The fourth-order valence-corrected chi connectivity index (χ4v) is 0.631. The Hall–Kier alpha value is -0.350. The van der Waals surface area contributed by atoms with Crippen molar-refractivity contribution in [3.8, 4) is 0 Å². The van der Waals surface area contributed by atoms with Crippen LogP contribution < -0.4 is 5.30 Å². The van der Waals surface area contributed by atoms with Crippen molar-refractivity contribution in [1.29, 1.82) is 0 Å². The van der Waals surface area contributed by atoms with E-state index in [2.05, 4.69) is 9.24 Å². The standard InChI is InChI=1S/C6H6P/c7-6-4-2-1-3-5-6/h1-5,7H. The molecule has 1 heteroatoms. The van der Waals surface area contributed by atoms with Crippen LogP contribution in [0.4, 0.5) is 0 Å². The van der Waals surface area contributed by atoms with Crippen molar-refractivity contribution in [3.05, 3.63) is 30.3 Å². The molecule has 0 saturated carbocycles. The minimum Gasteiger partial charge on any atom is -0.0634 e. The molecule has 0 aliphatic rings. The van der Waals surface area contributed by atoms with E-state index in [-0.39, 0.29) is 0 Å². The average molecular weight is 109 g/mol. The zero-order valence-corrected chi connectivity index (χ0v) is 4.89. The van der Waals surface area contributed by atoms with Crippen LogP contribution in [-0.2, 0) is 0 Å². The minimum absolute atomic E-state index is 1.13. The quantitative estimate of drug-likeness (QED) is 0.442. The maximum atomic E-state index is 3.36. The number of hydrogen-bond donors (Lipinski definition) is 0. The normalized spacial score (nSPS) is 8.71. The van der Waals surface area contributed by atoms with E-state index in [1.165, 1.54) is 0 Å². The lowest BCUT2D eigenvalue weighted by Gasteiger charge is -1.81. The van der Waals surface area contributed by atoms with Crippen LogP contribution in [0.15, 0.2) is 30.3 Å². The second kappa shape index (κ2) is 2.09. The smallest absolute Gasteiger partial charge is 0.0227 e. The maximum absolute atomic E-state index is 3.36. The van der Waals surface area contributed by atoms with Gasteiger partial charge in [0.05, 0.1) is 0 Å². The Morgan fingerprint density at radius 1 is 1.00 bits per heavy atom. The summed E-state index contributed by atoms with van der Waals surface area (Å²) in [6.07, 6.45) is 0. The molecule has 1 rings (SSSR count). The van der Waals surface area contributed by atoms with Crippen LogP contribution in [0.5, 0.6) is 0 Å². The summed E-state index contributed by atoms with van der Waals surface area (Å²) in [5.74, 6) is 0. The highest BCUT2D eigenvalue weighted by atomic mass is 31.0. The van der Waals surface area contributed by atoms with E-state index in [0.717, 1.165) is 5.30 Å². The summed E-state index contributed by atoms with van der Waals surface area (Å²) in [5.41, 5.74) is 0. The Morgan fingerprint density at radius 3 is 1.86 bits per heavy atom. The van der Waals surface area contributed by atoms with Crippen LogP contribution in [-0.4, -0.2) is 0 Å². The van der Waals surface area contributed by atoms with Crippen LogP contribution in [0.25, 0.3) is 0 Å². The predicted octanol–water partition coefficient (Wildman–Crippen LogP) is 1.45. The first-order valence-electron chi connectivity index (χ1n) is 2.16.